The number of aryl methyl sites for hydroxylation is 1. The van der Waals surface area contributed by atoms with Crippen LogP contribution in [0.3, 0.4) is 0 Å². The molecule has 0 fully saturated rings. The highest BCUT2D eigenvalue weighted by molar-refractivity contribution is 7.07. The fourth-order valence-corrected chi connectivity index (χ4v) is 2.53. The molecule has 0 spiro atoms. The van der Waals surface area contributed by atoms with Crippen molar-refractivity contribution < 1.29 is 4.74 Å². The smallest absolute Gasteiger partial charge is 0.139 e. The Morgan fingerprint density at radius 2 is 2.16 bits per heavy atom. The van der Waals surface area contributed by atoms with Gasteiger partial charge in [-0.05, 0) is 48.4 Å². The Kier molecular flexibility index (Phi) is 4.20. The van der Waals surface area contributed by atoms with E-state index in [1.165, 1.54) is 0 Å². The largest absolute Gasteiger partial charge is 0.484 e. The van der Waals surface area contributed by atoms with Crippen LogP contribution < -0.4 is 10.5 Å². The lowest BCUT2D eigenvalue weighted by Crippen LogP contribution is -2.28. The molecule has 0 saturated heterocycles. The van der Waals surface area contributed by atoms with Crippen molar-refractivity contribution in [3.05, 3.63) is 51.7 Å². The third-order valence-electron chi connectivity index (χ3n) is 2.92. The summed E-state index contributed by atoms with van der Waals surface area (Å²) in [5.74, 6) is 0.715. The summed E-state index contributed by atoms with van der Waals surface area (Å²) in [6.07, 6.45) is -0.195. The summed E-state index contributed by atoms with van der Waals surface area (Å²) in [6, 6.07) is 9.45. The maximum Gasteiger partial charge on any atom is 0.139 e. The Morgan fingerprint density at radius 3 is 2.74 bits per heavy atom. The van der Waals surface area contributed by atoms with Crippen LogP contribution >= 0.6 is 11.3 Å². The average Bonchev–Trinajstić information content (AvgIpc) is 2.91. The van der Waals surface area contributed by atoms with Crippen molar-refractivity contribution in [2.45, 2.75) is 26.0 Å². The predicted octanol–water partition coefficient (Wildman–Crippen LogP) is 3.40. The second-order valence-corrected chi connectivity index (χ2v) is 5.33. The first-order chi connectivity index (χ1) is 9.11. The minimum Gasteiger partial charge on any atom is -0.484 e. The van der Waals surface area contributed by atoms with E-state index in [1.807, 2.05) is 36.7 Å². The monoisotopic (exact) mass is 272 g/mol. The van der Waals surface area contributed by atoms with E-state index in [9.17, 15) is 0 Å². The number of hydrogen-bond donors (Lipinski definition) is 1. The SMILES string of the molecule is Cc1ccc(C#N)cc1OC(c1ccsc1)C(C)N. The molecular formula is C15H16N2OS. The molecule has 0 aliphatic heterocycles. The Bertz CT molecular complexity index is 585. The minimum absolute atomic E-state index is 0.125. The molecule has 19 heavy (non-hydrogen) atoms. The lowest BCUT2D eigenvalue weighted by molar-refractivity contribution is 0.179. The molecule has 0 amide bonds. The number of rotatable bonds is 4. The molecule has 0 bridgehead atoms. The average molecular weight is 272 g/mol. The van der Waals surface area contributed by atoms with E-state index < -0.39 is 0 Å². The normalized spacial score (nSPS) is 13.6. The van der Waals surface area contributed by atoms with E-state index >= 15 is 0 Å². The van der Waals surface area contributed by atoms with Gasteiger partial charge in [0.1, 0.15) is 11.9 Å². The van der Waals surface area contributed by atoms with Crippen LogP contribution in [0, 0.1) is 18.3 Å². The molecule has 0 aliphatic rings. The van der Waals surface area contributed by atoms with E-state index in [0.29, 0.717) is 11.3 Å². The number of hydrogen-bond acceptors (Lipinski definition) is 4. The summed E-state index contributed by atoms with van der Waals surface area (Å²) in [4.78, 5) is 0. The Balaban J connectivity index is 2.30. The zero-order valence-electron chi connectivity index (χ0n) is 11.0. The molecule has 2 unspecified atom stereocenters. The zero-order chi connectivity index (χ0) is 13.8. The van der Waals surface area contributed by atoms with Crippen LogP contribution in [-0.4, -0.2) is 6.04 Å². The van der Waals surface area contributed by atoms with Crippen LogP contribution in [0.15, 0.2) is 35.0 Å². The lowest BCUT2D eigenvalue weighted by Gasteiger charge is -2.23. The second-order valence-electron chi connectivity index (χ2n) is 4.55. The van der Waals surface area contributed by atoms with Gasteiger partial charge in [-0.2, -0.15) is 16.6 Å². The summed E-state index contributed by atoms with van der Waals surface area (Å²) in [5, 5.41) is 13.0. The van der Waals surface area contributed by atoms with Crippen molar-refractivity contribution in [3.63, 3.8) is 0 Å². The number of thiophene rings is 1. The van der Waals surface area contributed by atoms with Crippen molar-refractivity contribution in [1.82, 2.24) is 0 Å². The van der Waals surface area contributed by atoms with Gasteiger partial charge in [-0.3, -0.25) is 0 Å². The summed E-state index contributed by atoms with van der Waals surface area (Å²) < 4.78 is 6.02. The Labute approximate surface area is 117 Å². The molecule has 0 aliphatic carbocycles. The minimum atomic E-state index is -0.195. The van der Waals surface area contributed by atoms with Crippen molar-refractivity contribution in [1.29, 1.82) is 5.26 Å². The Hall–Kier alpha value is -1.83. The van der Waals surface area contributed by atoms with Gasteiger partial charge in [-0.15, -0.1) is 0 Å². The summed E-state index contributed by atoms with van der Waals surface area (Å²) in [6.45, 7) is 3.88. The predicted molar refractivity (Wildman–Crippen MR) is 77.2 cm³/mol. The van der Waals surface area contributed by atoms with Crippen molar-refractivity contribution in [3.8, 4) is 11.8 Å². The van der Waals surface area contributed by atoms with Gasteiger partial charge in [0.2, 0.25) is 0 Å². The first-order valence-corrected chi connectivity index (χ1v) is 7.01. The fraction of sp³-hybridized carbons (Fsp3) is 0.267. The number of nitrogens with zero attached hydrogens (tertiary/aromatic N) is 1. The van der Waals surface area contributed by atoms with Gasteiger partial charge in [-0.25, -0.2) is 0 Å². The van der Waals surface area contributed by atoms with Gasteiger partial charge in [-0.1, -0.05) is 6.07 Å². The van der Waals surface area contributed by atoms with Crippen LogP contribution in [-0.2, 0) is 0 Å². The third-order valence-corrected chi connectivity index (χ3v) is 3.62. The van der Waals surface area contributed by atoms with Crippen LogP contribution in [0.1, 0.15) is 29.7 Å². The number of ether oxygens (including phenoxy) is 1. The lowest BCUT2D eigenvalue weighted by atomic mass is 10.1. The molecule has 2 atom stereocenters. The summed E-state index contributed by atoms with van der Waals surface area (Å²) >= 11 is 1.62. The number of nitrogens with two attached hydrogens (primary N) is 1. The molecule has 2 rings (SSSR count). The van der Waals surface area contributed by atoms with E-state index in [0.717, 1.165) is 11.1 Å². The first-order valence-electron chi connectivity index (χ1n) is 6.07. The summed E-state index contributed by atoms with van der Waals surface area (Å²) in [7, 11) is 0. The summed E-state index contributed by atoms with van der Waals surface area (Å²) in [5.41, 5.74) is 8.67. The fourth-order valence-electron chi connectivity index (χ4n) is 1.85. The molecular weight excluding hydrogens is 256 g/mol. The maximum atomic E-state index is 8.95. The van der Waals surface area contributed by atoms with Gasteiger partial charge < -0.3 is 10.5 Å². The molecule has 2 aromatic rings. The second kappa shape index (κ2) is 5.87. The van der Waals surface area contributed by atoms with Crippen molar-refractivity contribution in [2.75, 3.05) is 0 Å². The van der Waals surface area contributed by atoms with Crippen LogP contribution in [0.4, 0.5) is 0 Å². The van der Waals surface area contributed by atoms with E-state index in [1.54, 1.807) is 23.5 Å². The first kappa shape index (κ1) is 13.6. The van der Waals surface area contributed by atoms with E-state index in [4.69, 9.17) is 15.7 Å². The number of nitriles is 1. The van der Waals surface area contributed by atoms with Gasteiger partial charge in [0.15, 0.2) is 0 Å². The van der Waals surface area contributed by atoms with Gasteiger partial charge in [0, 0.05) is 11.6 Å². The number of benzene rings is 1. The molecule has 0 saturated carbocycles. The van der Waals surface area contributed by atoms with Crippen molar-refractivity contribution >= 4 is 11.3 Å². The van der Waals surface area contributed by atoms with Gasteiger partial charge in [0.05, 0.1) is 11.6 Å². The Morgan fingerprint density at radius 1 is 1.37 bits per heavy atom. The molecule has 1 heterocycles. The quantitative estimate of drug-likeness (QED) is 0.928. The van der Waals surface area contributed by atoms with Crippen LogP contribution in [0.2, 0.25) is 0 Å². The van der Waals surface area contributed by atoms with Crippen LogP contribution in [0.5, 0.6) is 5.75 Å². The van der Waals surface area contributed by atoms with E-state index in [-0.39, 0.29) is 12.1 Å². The molecule has 1 aromatic carbocycles. The molecule has 98 valence electrons. The maximum absolute atomic E-state index is 8.95. The van der Waals surface area contributed by atoms with Gasteiger partial charge in [0.25, 0.3) is 0 Å². The molecule has 0 radical (unpaired) electrons. The third kappa shape index (κ3) is 3.14. The molecule has 2 N–H and O–H groups in total. The van der Waals surface area contributed by atoms with E-state index in [2.05, 4.69) is 6.07 Å². The van der Waals surface area contributed by atoms with Crippen molar-refractivity contribution in [2.24, 2.45) is 5.73 Å². The van der Waals surface area contributed by atoms with Crippen LogP contribution in [0.25, 0.3) is 0 Å². The standard InChI is InChI=1S/C15H16N2OS/c1-10-3-4-12(8-16)7-14(10)18-15(11(2)17)13-5-6-19-9-13/h3-7,9,11,15H,17H2,1-2H3. The molecule has 1 aromatic heterocycles. The molecule has 3 nitrogen and oxygen atoms in total. The highest BCUT2D eigenvalue weighted by Crippen LogP contribution is 2.28. The molecule has 4 heteroatoms. The zero-order valence-corrected chi connectivity index (χ0v) is 11.8. The highest BCUT2D eigenvalue weighted by atomic mass is 32.1. The topological polar surface area (TPSA) is 59.0 Å². The van der Waals surface area contributed by atoms with Gasteiger partial charge >= 0.3 is 0 Å². The highest BCUT2D eigenvalue weighted by Gasteiger charge is 2.19.